The molecule has 33 heavy (non-hydrogen) atoms. The molecule has 1 aromatic heterocycles. The van der Waals surface area contributed by atoms with E-state index in [4.69, 9.17) is 9.72 Å². The maximum absolute atomic E-state index is 9.67. The van der Waals surface area contributed by atoms with Crippen LogP contribution >= 0.6 is 0 Å². The predicted octanol–water partition coefficient (Wildman–Crippen LogP) is 6.40. The van der Waals surface area contributed by atoms with Gasteiger partial charge in [-0.05, 0) is 35.7 Å². The van der Waals surface area contributed by atoms with Gasteiger partial charge in [-0.3, -0.25) is 0 Å². The van der Waals surface area contributed by atoms with Crippen molar-refractivity contribution in [1.82, 2.24) is 9.55 Å². The monoisotopic (exact) mass is 431 g/mol. The molecule has 0 N–H and O–H groups in total. The first-order valence-corrected chi connectivity index (χ1v) is 11.2. The van der Waals surface area contributed by atoms with Crippen molar-refractivity contribution in [3.05, 3.63) is 113 Å². The van der Waals surface area contributed by atoms with Crippen LogP contribution in [0.2, 0.25) is 0 Å². The molecule has 0 spiro atoms. The number of hydrogen-bond acceptors (Lipinski definition) is 3. The molecule has 0 bridgehead atoms. The average Bonchev–Trinajstić information content (AvgIpc) is 3.19. The van der Waals surface area contributed by atoms with Crippen LogP contribution in [0.15, 0.2) is 84.6 Å². The van der Waals surface area contributed by atoms with Crippen LogP contribution in [0, 0.1) is 11.3 Å². The molecule has 5 rings (SSSR count). The zero-order valence-corrected chi connectivity index (χ0v) is 18.9. The summed E-state index contributed by atoms with van der Waals surface area (Å²) < 4.78 is 8.38. The van der Waals surface area contributed by atoms with Crippen molar-refractivity contribution < 1.29 is 4.74 Å². The van der Waals surface area contributed by atoms with Gasteiger partial charge in [-0.1, -0.05) is 67.6 Å². The van der Waals surface area contributed by atoms with Gasteiger partial charge in [0.1, 0.15) is 18.2 Å². The number of fused-ring (bicyclic) bond motifs is 2. The lowest BCUT2D eigenvalue weighted by molar-refractivity contribution is 0.307. The zero-order chi connectivity index (χ0) is 22.8. The number of allylic oxidation sites excluding steroid dienone is 1. The fourth-order valence-corrected chi connectivity index (χ4v) is 4.49. The number of para-hydroxylation sites is 1. The van der Waals surface area contributed by atoms with E-state index in [0.717, 1.165) is 58.1 Å². The Morgan fingerprint density at radius 2 is 1.82 bits per heavy atom. The second-order valence-corrected chi connectivity index (χ2v) is 8.28. The smallest absolute Gasteiger partial charge is 0.127 e. The minimum absolute atomic E-state index is 0.474. The maximum atomic E-state index is 9.67. The standard InChI is InChI=1S/C29H25N3O/c1-3-28-31-26(22-9-5-4-6-10-22)18-32(28)17-21-13-14-24-23(15-21)19-33-27-12-8-7-11-25(27)29(24)20(2)16-30/h4-15,18H,3,17,19H2,1-2H3/b29-20+. The molecule has 0 fully saturated rings. The largest absolute Gasteiger partial charge is 0.488 e. The van der Waals surface area contributed by atoms with Gasteiger partial charge in [0.05, 0.1) is 11.8 Å². The molecular weight excluding hydrogens is 406 g/mol. The lowest BCUT2D eigenvalue weighted by atomic mass is 9.90. The molecule has 4 nitrogen and oxygen atoms in total. The Kier molecular flexibility index (Phi) is 5.54. The van der Waals surface area contributed by atoms with Gasteiger partial charge in [0.2, 0.25) is 0 Å². The molecule has 3 aromatic carbocycles. The van der Waals surface area contributed by atoms with Crippen LogP contribution in [0.1, 0.15) is 41.9 Å². The molecule has 0 saturated carbocycles. The van der Waals surface area contributed by atoms with Gasteiger partial charge < -0.3 is 9.30 Å². The summed E-state index contributed by atoms with van der Waals surface area (Å²) in [6.45, 7) is 5.22. The van der Waals surface area contributed by atoms with Gasteiger partial charge in [-0.25, -0.2) is 4.98 Å². The molecule has 4 heteroatoms. The van der Waals surface area contributed by atoms with Crippen LogP contribution in [0.5, 0.6) is 5.75 Å². The Hall–Kier alpha value is -4.10. The van der Waals surface area contributed by atoms with Crippen molar-refractivity contribution >= 4 is 5.57 Å². The summed E-state index contributed by atoms with van der Waals surface area (Å²) in [6, 6.07) is 27.1. The molecule has 0 amide bonds. The number of imidazole rings is 1. The molecule has 162 valence electrons. The molecule has 1 aliphatic rings. The first kappa shape index (κ1) is 20.8. The van der Waals surface area contributed by atoms with E-state index in [-0.39, 0.29) is 0 Å². The second kappa shape index (κ2) is 8.80. The minimum atomic E-state index is 0.474. The fourth-order valence-electron chi connectivity index (χ4n) is 4.49. The van der Waals surface area contributed by atoms with Gasteiger partial charge in [-0.2, -0.15) is 5.26 Å². The topological polar surface area (TPSA) is 50.8 Å². The molecular formula is C29H25N3O. The highest BCUT2D eigenvalue weighted by molar-refractivity contribution is 5.88. The third-order valence-corrected chi connectivity index (χ3v) is 6.12. The number of rotatable bonds is 4. The Balaban J connectivity index is 1.53. The molecule has 0 radical (unpaired) electrons. The van der Waals surface area contributed by atoms with E-state index in [1.54, 1.807) is 0 Å². The SMILES string of the molecule is CCc1nc(-c2ccccc2)cn1Cc1ccc2c(c1)COc1ccccc1/C2=C(\C)C#N. The van der Waals surface area contributed by atoms with E-state index in [1.807, 2.05) is 49.4 Å². The summed E-state index contributed by atoms with van der Waals surface area (Å²) in [7, 11) is 0. The zero-order valence-electron chi connectivity index (χ0n) is 18.9. The van der Waals surface area contributed by atoms with E-state index in [9.17, 15) is 5.26 Å². The average molecular weight is 432 g/mol. The third-order valence-electron chi connectivity index (χ3n) is 6.12. The quantitative estimate of drug-likeness (QED) is 0.351. The summed E-state index contributed by atoms with van der Waals surface area (Å²) in [5.41, 5.74) is 8.08. The molecule has 0 atom stereocenters. The van der Waals surface area contributed by atoms with Crippen LogP contribution in [0.4, 0.5) is 0 Å². The predicted molar refractivity (Wildman–Crippen MR) is 131 cm³/mol. The van der Waals surface area contributed by atoms with Gasteiger partial charge in [0.25, 0.3) is 0 Å². The number of aryl methyl sites for hydroxylation is 1. The van der Waals surface area contributed by atoms with Gasteiger partial charge in [0.15, 0.2) is 0 Å². The van der Waals surface area contributed by atoms with E-state index < -0.39 is 0 Å². The lowest BCUT2D eigenvalue weighted by Crippen LogP contribution is -2.05. The van der Waals surface area contributed by atoms with Gasteiger partial charge in [0, 0.05) is 41.4 Å². The van der Waals surface area contributed by atoms with Crippen molar-refractivity contribution in [2.75, 3.05) is 0 Å². The second-order valence-electron chi connectivity index (χ2n) is 8.28. The van der Waals surface area contributed by atoms with E-state index in [1.165, 1.54) is 5.56 Å². The molecule has 2 heterocycles. The summed E-state index contributed by atoms with van der Waals surface area (Å²) in [5.74, 6) is 1.88. The summed E-state index contributed by atoms with van der Waals surface area (Å²) >= 11 is 0. The first-order chi connectivity index (χ1) is 16.2. The molecule has 0 aliphatic carbocycles. The molecule has 1 aliphatic heterocycles. The molecule has 0 saturated heterocycles. The van der Waals surface area contributed by atoms with Crippen molar-refractivity contribution in [2.45, 2.75) is 33.4 Å². The van der Waals surface area contributed by atoms with Crippen LogP contribution < -0.4 is 4.74 Å². The van der Waals surface area contributed by atoms with E-state index >= 15 is 0 Å². The van der Waals surface area contributed by atoms with E-state index in [0.29, 0.717) is 12.2 Å². The van der Waals surface area contributed by atoms with E-state index in [2.05, 4.69) is 54.1 Å². The number of aromatic nitrogens is 2. The van der Waals surface area contributed by atoms with Crippen LogP contribution in [-0.2, 0) is 19.6 Å². The Morgan fingerprint density at radius 1 is 1.03 bits per heavy atom. The number of benzene rings is 3. The highest BCUT2D eigenvalue weighted by atomic mass is 16.5. The molecule has 0 unspecified atom stereocenters. The van der Waals surface area contributed by atoms with Crippen molar-refractivity contribution in [2.24, 2.45) is 0 Å². The first-order valence-electron chi connectivity index (χ1n) is 11.2. The Bertz CT molecular complexity index is 1390. The highest BCUT2D eigenvalue weighted by Gasteiger charge is 2.21. The highest BCUT2D eigenvalue weighted by Crippen LogP contribution is 2.38. The Morgan fingerprint density at radius 3 is 2.61 bits per heavy atom. The van der Waals surface area contributed by atoms with Crippen molar-refractivity contribution in [1.29, 1.82) is 5.26 Å². The Labute approximate surface area is 194 Å². The number of nitrogens with zero attached hydrogens (tertiary/aromatic N) is 3. The number of nitriles is 1. The third kappa shape index (κ3) is 3.94. The van der Waals surface area contributed by atoms with Crippen molar-refractivity contribution in [3.63, 3.8) is 0 Å². The summed E-state index contributed by atoms with van der Waals surface area (Å²) in [6.07, 6.45) is 3.00. The summed E-state index contributed by atoms with van der Waals surface area (Å²) in [5, 5.41) is 9.67. The number of ether oxygens (including phenoxy) is 1. The summed E-state index contributed by atoms with van der Waals surface area (Å²) in [4.78, 5) is 4.87. The van der Waals surface area contributed by atoms with Crippen LogP contribution in [0.25, 0.3) is 16.8 Å². The van der Waals surface area contributed by atoms with Crippen LogP contribution in [0.3, 0.4) is 0 Å². The van der Waals surface area contributed by atoms with Gasteiger partial charge >= 0.3 is 0 Å². The minimum Gasteiger partial charge on any atom is -0.488 e. The molecule has 4 aromatic rings. The lowest BCUT2D eigenvalue weighted by Gasteiger charge is -2.13. The normalized spacial score (nSPS) is 13.8. The van der Waals surface area contributed by atoms with Crippen molar-refractivity contribution in [3.8, 4) is 23.1 Å². The van der Waals surface area contributed by atoms with Crippen LogP contribution in [-0.4, -0.2) is 9.55 Å². The van der Waals surface area contributed by atoms with Gasteiger partial charge in [-0.15, -0.1) is 0 Å². The number of hydrogen-bond donors (Lipinski definition) is 0. The maximum Gasteiger partial charge on any atom is 0.127 e. The fraction of sp³-hybridized carbons (Fsp3) is 0.172.